The number of amides is 1. The fourth-order valence-electron chi connectivity index (χ4n) is 3.25. The van der Waals surface area contributed by atoms with E-state index in [0.717, 1.165) is 11.3 Å². The Kier molecular flexibility index (Phi) is 5.82. The summed E-state index contributed by atoms with van der Waals surface area (Å²) in [5.41, 5.74) is 1.63. The molecule has 1 aliphatic rings. The minimum Gasteiger partial charge on any atom is -0.484 e. The van der Waals surface area contributed by atoms with E-state index in [2.05, 4.69) is 0 Å². The number of fused-ring (bicyclic) bond motifs is 1. The first-order valence-corrected chi connectivity index (χ1v) is 10.5. The van der Waals surface area contributed by atoms with Gasteiger partial charge in [-0.2, -0.15) is 4.31 Å². The smallest absolute Gasteiger partial charge is 0.264 e. The Labute approximate surface area is 160 Å². The number of anilines is 1. The zero-order valence-electron chi connectivity index (χ0n) is 15.6. The molecular formula is C20H24N2O4S. The summed E-state index contributed by atoms with van der Waals surface area (Å²) in [5, 5.41) is 0. The minimum absolute atomic E-state index is 0.0526. The van der Waals surface area contributed by atoms with Crippen molar-refractivity contribution in [1.29, 1.82) is 0 Å². The number of carbonyl (C=O) groups excluding carboxylic acids is 1. The predicted octanol–water partition coefficient (Wildman–Crippen LogP) is 2.69. The minimum atomic E-state index is -3.50. The van der Waals surface area contributed by atoms with Gasteiger partial charge in [0.2, 0.25) is 10.0 Å². The van der Waals surface area contributed by atoms with Crippen LogP contribution >= 0.6 is 0 Å². The highest BCUT2D eigenvalue weighted by molar-refractivity contribution is 7.89. The molecule has 1 aliphatic heterocycles. The Balaban J connectivity index is 1.75. The second-order valence-electron chi connectivity index (χ2n) is 6.28. The van der Waals surface area contributed by atoms with Gasteiger partial charge >= 0.3 is 0 Å². The van der Waals surface area contributed by atoms with Gasteiger partial charge < -0.3 is 9.64 Å². The average Bonchev–Trinajstić information content (AvgIpc) is 3.11. The number of carbonyl (C=O) groups is 1. The van der Waals surface area contributed by atoms with Gasteiger partial charge in [0.1, 0.15) is 5.75 Å². The Bertz CT molecular complexity index is 909. The van der Waals surface area contributed by atoms with E-state index in [4.69, 9.17) is 4.74 Å². The lowest BCUT2D eigenvalue weighted by Crippen LogP contribution is -2.33. The van der Waals surface area contributed by atoms with E-state index < -0.39 is 10.0 Å². The standard InChI is InChI=1S/C20H24N2O4S/c1-3-21(4-2)27(24,25)18-10-11-19-16(14-18)12-13-22(19)20(23)15-26-17-8-6-5-7-9-17/h5-11,14H,3-4,12-13,15H2,1-2H3. The van der Waals surface area contributed by atoms with Gasteiger partial charge in [-0.05, 0) is 42.3 Å². The SMILES string of the molecule is CCN(CC)S(=O)(=O)c1ccc2c(c1)CCN2C(=O)COc1ccccc1. The van der Waals surface area contributed by atoms with Crippen molar-refractivity contribution in [2.24, 2.45) is 0 Å². The first-order valence-electron chi connectivity index (χ1n) is 9.08. The number of para-hydroxylation sites is 1. The van der Waals surface area contributed by atoms with Crippen LogP contribution < -0.4 is 9.64 Å². The molecule has 0 spiro atoms. The average molecular weight is 388 g/mol. The molecule has 0 bridgehead atoms. The molecule has 0 unspecified atom stereocenters. The lowest BCUT2D eigenvalue weighted by atomic mass is 10.2. The number of ether oxygens (including phenoxy) is 1. The molecule has 0 atom stereocenters. The van der Waals surface area contributed by atoms with Crippen molar-refractivity contribution in [1.82, 2.24) is 4.31 Å². The topological polar surface area (TPSA) is 66.9 Å². The first kappa shape index (κ1) is 19.4. The number of sulfonamides is 1. The molecule has 0 saturated carbocycles. The van der Waals surface area contributed by atoms with E-state index in [9.17, 15) is 13.2 Å². The van der Waals surface area contributed by atoms with Gasteiger partial charge in [0, 0.05) is 25.3 Å². The van der Waals surface area contributed by atoms with Gasteiger partial charge in [-0.15, -0.1) is 0 Å². The summed E-state index contributed by atoms with van der Waals surface area (Å²) in [6.07, 6.45) is 0.633. The van der Waals surface area contributed by atoms with Crippen molar-refractivity contribution in [2.75, 3.05) is 31.1 Å². The zero-order valence-corrected chi connectivity index (χ0v) is 16.4. The van der Waals surface area contributed by atoms with Crippen LogP contribution in [0.1, 0.15) is 19.4 Å². The van der Waals surface area contributed by atoms with Gasteiger partial charge in [0.05, 0.1) is 4.90 Å². The Morgan fingerprint density at radius 2 is 1.81 bits per heavy atom. The van der Waals surface area contributed by atoms with E-state index in [0.29, 0.717) is 31.8 Å². The molecule has 7 heteroatoms. The Morgan fingerprint density at radius 1 is 1.11 bits per heavy atom. The second-order valence-corrected chi connectivity index (χ2v) is 8.21. The molecule has 0 fully saturated rings. The van der Waals surface area contributed by atoms with Crippen molar-refractivity contribution in [3.8, 4) is 5.75 Å². The van der Waals surface area contributed by atoms with Gasteiger partial charge in [0.15, 0.2) is 6.61 Å². The molecule has 0 aliphatic carbocycles. The van der Waals surface area contributed by atoms with Gasteiger partial charge in [-0.3, -0.25) is 4.79 Å². The van der Waals surface area contributed by atoms with Crippen molar-refractivity contribution < 1.29 is 17.9 Å². The van der Waals surface area contributed by atoms with Crippen LogP contribution in [-0.4, -0.2) is 44.9 Å². The molecule has 0 saturated heterocycles. The summed E-state index contributed by atoms with van der Waals surface area (Å²) in [6.45, 7) is 4.97. The monoisotopic (exact) mass is 388 g/mol. The van der Waals surface area contributed by atoms with E-state index in [1.807, 2.05) is 32.0 Å². The highest BCUT2D eigenvalue weighted by Crippen LogP contribution is 2.31. The van der Waals surface area contributed by atoms with E-state index >= 15 is 0 Å². The summed E-state index contributed by atoms with van der Waals surface area (Å²) < 4.78 is 32.4. The largest absolute Gasteiger partial charge is 0.484 e. The maximum absolute atomic E-state index is 12.7. The molecule has 6 nitrogen and oxygen atoms in total. The zero-order chi connectivity index (χ0) is 19.4. The molecule has 27 heavy (non-hydrogen) atoms. The molecule has 2 aromatic carbocycles. The first-order chi connectivity index (χ1) is 13.0. The van der Waals surface area contributed by atoms with E-state index in [1.165, 1.54) is 4.31 Å². The second kappa shape index (κ2) is 8.10. The fourth-order valence-corrected chi connectivity index (χ4v) is 4.76. The number of hydrogen-bond donors (Lipinski definition) is 0. The molecular weight excluding hydrogens is 364 g/mol. The number of benzene rings is 2. The lowest BCUT2D eigenvalue weighted by Gasteiger charge is -2.20. The number of hydrogen-bond acceptors (Lipinski definition) is 4. The molecule has 0 N–H and O–H groups in total. The highest BCUT2D eigenvalue weighted by atomic mass is 32.2. The Morgan fingerprint density at radius 3 is 2.48 bits per heavy atom. The van der Waals surface area contributed by atoms with Crippen molar-refractivity contribution >= 4 is 21.6 Å². The molecule has 2 aromatic rings. The maximum atomic E-state index is 12.7. The maximum Gasteiger partial charge on any atom is 0.264 e. The highest BCUT2D eigenvalue weighted by Gasteiger charge is 2.28. The summed E-state index contributed by atoms with van der Waals surface area (Å²) >= 11 is 0. The van der Waals surface area contributed by atoms with Crippen LogP contribution in [0.5, 0.6) is 5.75 Å². The molecule has 144 valence electrons. The summed E-state index contributed by atoms with van der Waals surface area (Å²) in [7, 11) is -3.50. The number of rotatable bonds is 7. The third-order valence-electron chi connectivity index (χ3n) is 4.70. The molecule has 1 amide bonds. The third kappa shape index (κ3) is 3.99. The van der Waals surface area contributed by atoms with Crippen LogP contribution in [0.25, 0.3) is 0 Å². The van der Waals surface area contributed by atoms with Crippen LogP contribution in [0.4, 0.5) is 5.69 Å². The van der Waals surface area contributed by atoms with E-state index in [-0.39, 0.29) is 17.4 Å². The number of nitrogens with zero attached hydrogens (tertiary/aromatic N) is 2. The van der Waals surface area contributed by atoms with Crippen LogP contribution in [0.15, 0.2) is 53.4 Å². The van der Waals surface area contributed by atoms with Crippen LogP contribution in [0.3, 0.4) is 0 Å². The van der Waals surface area contributed by atoms with E-state index in [1.54, 1.807) is 35.2 Å². The molecule has 0 aromatic heterocycles. The van der Waals surface area contributed by atoms with Crippen LogP contribution in [0.2, 0.25) is 0 Å². The Hall–Kier alpha value is -2.38. The molecule has 3 rings (SSSR count). The summed E-state index contributed by atoms with van der Waals surface area (Å²) in [4.78, 5) is 14.5. The predicted molar refractivity (Wildman–Crippen MR) is 105 cm³/mol. The van der Waals surface area contributed by atoms with Crippen LogP contribution in [-0.2, 0) is 21.2 Å². The van der Waals surface area contributed by atoms with Crippen molar-refractivity contribution in [3.05, 3.63) is 54.1 Å². The summed E-state index contributed by atoms with van der Waals surface area (Å²) in [6, 6.07) is 14.2. The quantitative estimate of drug-likeness (QED) is 0.731. The lowest BCUT2D eigenvalue weighted by molar-refractivity contribution is -0.120. The molecule has 1 heterocycles. The third-order valence-corrected chi connectivity index (χ3v) is 6.74. The molecule has 0 radical (unpaired) electrons. The normalized spacial score (nSPS) is 13.7. The van der Waals surface area contributed by atoms with Gasteiger partial charge in [-0.25, -0.2) is 8.42 Å². The van der Waals surface area contributed by atoms with Gasteiger partial charge in [-0.1, -0.05) is 32.0 Å². The van der Waals surface area contributed by atoms with Gasteiger partial charge in [0.25, 0.3) is 5.91 Å². The van der Waals surface area contributed by atoms with Crippen LogP contribution in [0, 0.1) is 0 Å². The summed E-state index contributed by atoms with van der Waals surface area (Å²) in [5.74, 6) is 0.503. The van der Waals surface area contributed by atoms with Crippen molar-refractivity contribution in [2.45, 2.75) is 25.2 Å². The van der Waals surface area contributed by atoms with Crippen molar-refractivity contribution in [3.63, 3.8) is 0 Å². The fraction of sp³-hybridized carbons (Fsp3) is 0.350.